The predicted molar refractivity (Wildman–Crippen MR) is 73.1 cm³/mol. The molecule has 2 aliphatic rings. The number of nitrogens with one attached hydrogen (secondary N) is 1. The average molecular weight is 272 g/mol. The highest BCUT2D eigenvalue weighted by Gasteiger charge is 2.26. The van der Waals surface area contributed by atoms with Crippen molar-refractivity contribution in [2.24, 2.45) is 5.92 Å². The van der Waals surface area contributed by atoms with Crippen molar-refractivity contribution in [2.45, 2.75) is 38.8 Å². The Hall–Kier alpha value is -0.580. The molecule has 0 radical (unpaired) electrons. The summed E-state index contributed by atoms with van der Waals surface area (Å²) < 4.78 is 7.69. The Kier molecular flexibility index (Phi) is 4.65. The number of rotatable bonds is 5. The van der Waals surface area contributed by atoms with E-state index < -0.39 is 0 Å². The minimum Gasteiger partial charge on any atom is -0.381 e. The fourth-order valence-electron chi connectivity index (χ4n) is 2.49. The van der Waals surface area contributed by atoms with Crippen molar-refractivity contribution in [3.63, 3.8) is 0 Å². The molecule has 0 spiro atoms. The van der Waals surface area contributed by atoms with Crippen molar-refractivity contribution in [2.75, 3.05) is 19.8 Å². The number of hydrogen-bond acceptors (Lipinski definition) is 3. The molecule has 0 amide bonds. The first kappa shape index (κ1) is 13.8. The van der Waals surface area contributed by atoms with E-state index >= 15 is 0 Å². The summed E-state index contributed by atoms with van der Waals surface area (Å²) in [5.74, 6) is 1.31. The Bertz CT molecular complexity index is 390. The molecule has 1 N–H and O–H groups in total. The molecular formula is C13H22ClN3O. The monoisotopic (exact) mass is 271 g/mol. The van der Waals surface area contributed by atoms with Gasteiger partial charge in [-0.2, -0.15) is 5.10 Å². The first-order chi connectivity index (χ1) is 8.36. The molecule has 1 atom stereocenters. The quantitative estimate of drug-likeness (QED) is 0.890. The van der Waals surface area contributed by atoms with Gasteiger partial charge < -0.3 is 10.1 Å². The molecule has 3 rings (SSSR count). The lowest BCUT2D eigenvalue weighted by atomic mass is 9.99. The van der Waals surface area contributed by atoms with Gasteiger partial charge in [0.15, 0.2) is 0 Å². The van der Waals surface area contributed by atoms with Crippen LogP contribution in [0.2, 0.25) is 0 Å². The molecule has 4 nitrogen and oxygen atoms in total. The van der Waals surface area contributed by atoms with E-state index in [4.69, 9.17) is 9.84 Å². The molecule has 1 aliphatic heterocycles. The van der Waals surface area contributed by atoms with E-state index in [-0.39, 0.29) is 12.4 Å². The van der Waals surface area contributed by atoms with Crippen LogP contribution in [-0.4, -0.2) is 29.5 Å². The lowest BCUT2D eigenvalue weighted by Gasteiger charge is -2.21. The smallest absolute Gasteiger partial charge is 0.0736 e. The van der Waals surface area contributed by atoms with Gasteiger partial charge in [0.25, 0.3) is 0 Å². The minimum atomic E-state index is 0. The molecule has 1 aromatic heterocycles. The molecular weight excluding hydrogens is 250 g/mol. The normalized spacial score (nSPS) is 22.4. The first-order valence-electron chi connectivity index (χ1n) is 6.71. The van der Waals surface area contributed by atoms with E-state index in [1.807, 2.05) is 6.92 Å². The largest absolute Gasteiger partial charge is 0.381 e. The summed E-state index contributed by atoms with van der Waals surface area (Å²) in [5, 5.41) is 8.21. The summed E-state index contributed by atoms with van der Waals surface area (Å²) in [4.78, 5) is 0. The molecule has 2 heterocycles. The molecule has 1 aliphatic carbocycles. The maximum absolute atomic E-state index is 5.54. The van der Waals surface area contributed by atoms with Crippen molar-refractivity contribution in [3.8, 4) is 0 Å². The highest BCUT2D eigenvalue weighted by Crippen LogP contribution is 2.31. The van der Waals surface area contributed by atoms with E-state index in [0.29, 0.717) is 5.92 Å². The van der Waals surface area contributed by atoms with Gasteiger partial charge in [-0.3, -0.25) is 4.68 Å². The highest BCUT2D eigenvalue weighted by atomic mass is 35.5. The molecule has 1 fully saturated rings. The minimum absolute atomic E-state index is 0. The third-order valence-electron chi connectivity index (χ3n) is 3.63. The van der Waals surface area contributed by atoms with E-state index in [2.05, 4.69) is 16.2 Å². The topological polar surface area (TPSA) is 39.1 Å². The standard InChI is InChI=1S/C13H21N3O.ClH/c1-2-17-9-12-6-14-5-11-8-16(15-13(11)12)7-10-3-4-10;/h8,10,12,14H,2-7,9H2,1H3;1H. The average Bonchev–Trinajstić information content (AvgIpc) is 3.04. The van der Waals surface area contributed by atoms with Crippen LogP contribution < -0.4 is 5.32 Å². The van der Waals surface area contributed by atoms with E-state index in [1.54, 1.807) is 0 Å². The fourth-order valence-corrected chi connectivity index (χ4v) is 2.49. The third kappa shape index (κ3) is 3.05. The van der Waals surface area contributed by atoms with E-state index in [9.17, 15) is 0 Å². The number of aromatic nitrogens is 2. The number of nitrogens with zero attached hydrogens (tertiary/aromatic N) is 2. The Morgan fingerprint density at radius 3 is 3.06 bits per heavy atom. The second-order valence-electron chi connectivity index (χ2n) is 5.19. The molecule has 18 heavy (non-hydrogen) atoms. The number of fused-ring (bicyclic) bond motifs is 1. The van der Waals surface area contributed by atoms with Crippen LogP contribution in [0.1, 0.15) is 36.9 Å². The van der Waals surface area contributed by atoms with Gasteiger partial charge >= 0.3 is 0 Å². The highest BCUT2D eigenvalue weighted by molar-refractivity contribution is 5.85. The molecule has 0 aromatic carbocycles. The molecule has 0 bridgehead atoms. The van der Waals surface area contributed by atoms with Gasteiger partial charge in [0, 0.05) is 43.9 Å². The van der Waals surface area contributed by atoms with Crippen LogP contribution in [0.4, 0.5) is 0 Å². The van der Waals surface area contributed by atoms with Crippen molar-refractivity contribution in [3.05, 3.63) is 17.5 Å². The Balaban J connectivity index is 0.00000120. The number of ether oxygens (including phenoxy) is 1. The van der Waals surface area contributed by atoms with Crippen LogP contribution in [0.15, 0.2) is 6.20 Å². The van der Waals surface area contributed by atoms with Crippen molar-refractivity contribution < 1.29 is 4.74 Å². The van der Waals surface area contributed by atoms with E-state index in [0.717, 1.165) is 38.8 Å². The Labute approximate surface area is 114 Å². The van der Waals surface area contributed by atoms with Gasteiger partial charge in [0.05, 0.1) is 12.3 Å². The van der Waals surface area contributed by atoms with Gasteiger partial charge in [-0.15, -0.1) is 12.4 Å². The van der Waals surface area contributed by atoms with Gasteiger partial charge in [-0.05, 0) is 25.7 Å². The second kappa shape index (κ2) is 6.04. The van der Waals surface area contributed by atoms with Crippen LogP contribution in [-0.2, 0) is 17.8 Å². The first-order valence-corrected chi connectivity index (χ1v) is 6.71. The van der Waals surface area contributed by atoms with Crippen molar-refractivity contribution in [1.29, 1.82) is 0 Å². The Morgan fingerprint density at radius 1 is 1.50 bits per heavy atom. The van der Waals surface area contributed by atoms with Gasteiger partial charge in [-0.1, -0.05) is 0 Å². The second-order valence-corrected chi connectivity index (χ2v) is 5.19. The SMILES string of the molecule is CCOCC1CNCc2cn(CC3CC3)nc21.Cl. The Morgan fingerprint density at radius 2 is 2.33 bits per heavy atom. The van der Waals surface area contributed by atoms with Crippen LogP contribution >= 0.6 is 12.4 Å². The molecule has 0 saturated heterocycles. The van der Waals surface area contributed by atoms with Crippen molar-refractivity contribution >= 4 is 12.4 Å². The van der Waals surface area contributed by atoms with Crippen LogP contribution in [0, 0.1) is 5.92 Å². The summed E-state index contributed by atoms with van der Waals surface area (Å²) in [6.07, 6.45) is 4.98. The molecule has 1 saturated carbocycles. The summed E-state index contributed by atoms with van der Waals surface area (Å²) >= 11 is 0. The van der Waals surface area contributed by atoms with E-state index in [1.165, 1.54) is 24.1 Å². The zero-order chi connectivity index (χ0) is 11.7. The van der Waals surface area contributed by atoms with Crippen LogP contribution in [0.25, 0.3) is 0 Å². The fraction of sp³-hybridized carbons (Fsp3) is 0.769. The number of hydrogen-bond donors (Lipinski definition) is 1. The molecule has 1 aromatic rings. The third-order valence-corrected chi connectivity index (χ3v) is 3.63. The van der Waals surface area contributed by atoms with Crippen molar-refractivity contribution in [1.82, 2.24) is 15.1 Å². The predicted octanol–water partition coefficient (Wildman–Crippen LogP) is 1.94. The summed E-state index contributed by atoms with van der Waals surface area (Å²) in [7, 11) is 0. The van der Waals surface area contributed by atoms with Gasteiger partial charge in [0.2, 0.25) is 0 Å². The zero-order valence-corrected chi connectivity index (χ0v) is 11.7. The maximum atomic E-state index is 5.54. The van der Waals surface area contributed by atoms with Gasteiger partial charge in [-0.25, -0.2) is 0 Å². The lowest BCUT2D eigenvalue weighted by Crippen LogP contribution is -2.30. The lowest BCUT2D eigenvalue weighted by molar-refractivity contribution is 0.128. The maximum Gasteiger partial charge on any atom is 0.0736 e. The summed E-state index contributed by atoms with van der Waals surface area (Å²) in [5.41, 5.74) is 2.62. The summed E-state index contributed by atoms with van der Waals surface area (Å²) in [6.45, 7) is 6.68. The molecule has 102 valence electrons. The van der Waals surface area contributed by atoms with Crippen LogP contribution in [0.5, 0.6) is 0 Å². The van der Waals surface area contributed by atoms with Crippen LogP contribution in [0.3, 0.4) is 0 Å². The molecule has 1 unspecified atom stereocenters. The summed E-state index contributed by atoms with van der Waals surface area (Å²) in [6, 6.07) is 0. The zero-order valence-electron chi connectivity index (χ0n) is 10.9. The van der Waals surface area contributed by atoms with Gasteiger partial charge in [0.1, 0.15) is 0 Å². The number of halogens is 1. The molecule has 5 heteroatoms.